The Balaban J connectivity index is 2.70. The largest absolute Gasteiger partial charge is 0.464 e. The van der Waals surface area contributed by atoms with Gasteiger partial charge in [-0.2, -0.15) is 0 Å². The van der Waals surface area contributed by atoms with Crippen molar-refractivity contribution in [3.05, 3.63) is 0 Å². The molecule has 6 heteroatoms. The van der Waals surface area contributed by atoms with Gasteiger partial charge in [-0.25, -0.2) is 0 Å². The van der Waals surface area contributed by atoms with Gasteiger partial charge in [-0.1, -0.05) is 26.7 Å². The maximum absolute atomic E-state index is 12.1. The first kappa shape index (κ1) is 17.4. The highest BCUT2D eigenvalue weighted by Gasteiger charge is 2.45. The highest BCUT2D eigenvalue weighted by atomic mass is 16.5. The number of aliphatic hydroxyl groups excluding tert-OH is 3. The Morgan fingerprint density at radius 1 is 1.15 bits per heavy atom. The van der Waals surface area contributed by atoms with Crippen molar-refractivity contribution in [1.29, 1.82) is 0 Å². The van der Waals surface area contributed by atoms with Gasteiger partial charge in [-0.3, -0.25) is 9.69 Å². The molecule has 0 amide bonds. The molecule has 1 aliphatic rings. The number of piperidine rings is 1. The van der Waals surface area contributed by atoms with Gasteiger partial charge >= 0.3 is 5.97 Å². The summed E-state index contributed by atoms with van der Waals surface area (Å²) in [6.07, 6.45) is -0.171. The second kappa shape index (κ2) is 8.56. The van der Waals surface area contributed by atoms with E-state index in [0.717, 1.165) is 25.7 Å². The van der Waals surface area contributed by atoms with Gasteiger partial charge in [0.25, 0.3) is 0 Å². The number of β-amino-alcohol motifs (C(OH)–C–C–N with tert-alkyl or cyclic N) is 1. The molecule has 3 N–H and O–H groups in total. The lowest BCUT2D eigenvalue weighted by molar-refractivity contribution is -0.176. The number of aliphatic hydroxyl groups is 3. The number of carbonyl (C=O) groups is 1. The number of likely N-dealkylation sites (tertiary alicyclic amines) is 1. The van der Waals surface area contributed by atoms with E-state index in [4.69, 9.17) is 4.74 Å². The van der Waals surface area contributed by atoms with Crippen LogP contribution in [-0.2, 0) is 9.53 Å². The number of ether oxygens (including phenoxy) is 1. The molecule has 0 aromatic heterocycles. The topological polar surface area (TPSA) is 90.2 Å². The lowest BCUT2D eigenvalue weighted by atomic mass is 9.93. The maximum atomic E-state index is 12.1. The van der Waals surface area contributed by atoms with E-state index in [9.17, 15) is 20.1 Å². The van der Waals surface area contributed by atoms with Crippen molar-refractivity contribution in [2.24, 2.45) is 0 Å². The molecule has 0 bridgehead atoms. The first-order chi connectivity index (χ1) is 9.52. The lowest BCUT2D eigenvalue weighted by Crippen LogP contribution is -2.64. The molecule has 0 aromatic carbocycles. The predicted octanol–water partition coefficient (Wildman–Crippen LogP) is -0.103. The molecule has 0 saturated carbocycles. The fraction of sp³-hybridized carbons (Fsp3) is 0.929. The summed E-state index contributed by atoms with van der Waals surface area (Å²) >= 11 is 0. The van der Waals surface area contributed by atoms with Crippen LogP contribution in [0.2, 0.25) is 0 Å². The molecule has 4 atom stereocenters. The van der Waals surface area contributed by atoms with Crippen LogP contribution in [0.1, 0.15) is 39.5 Å². The molecule has 1 saturated heterocycles. The lowest BCUT2D eigenvalue weighted by Gasteiger charge is -2.42. The predicted molar refractivity (Wildman–Crippen MR) is 74.2 cm³/mol. The minimum absolute atomic E-state index is 0.172. The van der Waals surface area contributed by atoms with Crippen molar-refractivity contribution in [1.82, 2.24) is 4.90 Å². The molecule has 6 nitrogen and oxygen atoms in total. The van der Waals surface area contributed by atoms with Gasteiger partial charge in [-0.15, -0.1) is 0 Å². The van der Waals surface area contributed by atoms with Gasteiger partial charge in [0.05, 0.1) is 12.7 Å². The summed E-state index contributed by atoms with van der Waals surface area (Å²) in [7, 11) is 0. The summed E-state index contributed by atoms with van der Waals surface area (Å²) in [5.41, 5.74) is 0. The summed E-state index contributed by atoms with van der Waals surface area (Å²) in [5.74, 6) is -0.520. The number of hydrogen-bond acceptors (Lipinski definition) is 6. The molecule has 20 heavy (non-hydrogen) atoms. The zero-order chi connectivity index (χ0) is 15.1. The number of nitrogens with zero attached hydrogens (tertiary/aromatic N) is 1. The summed E-state index contributed by atoms with van der Waals surface area (Å²) in [6, 6.07) is -0.892. The zero-order valence-electron chi connectivity index (χ0n) is 12.4. The Hall–Kier alpha value is -0.690. The molecule has 0 radical (unpaired) electrons. The van der Waals surface area contributed by atoms with E-state index in [1.165, 1.54) is 0 Å². The molecule has 0 aliphatic carbocycles. The van der Waals surface area contributed by atoms with Crippen LogP contribution in [0.5, 0.6) is 0 Å². The van der Waals surface area contributed by atoms with Crippen molar-refractivity contribution >= 4 is 5.97 Å². The van der Waals surface area contributed by atoms with Crippen LogP contribution in [0.3, 0.4) is 0 Å². The summed E-state index contributed by atoms with van der Waals surface area (Å²) in [4.78, 5) is 13.8. The van der Waals surface area contributed by atoms with E-state index in [2.05, 4.69) is 0 Å². The number of hydrogen-bond donors (Lipinski definition) is 3. The third-order valence-electron chi connectivity index (χ3n) is 3.67. The summed E-state index contributed by atoms with van der Waals surface area (Å²) in [5, 5.41) is 29.5. The zero-order valence-corrected chi connectivity index (χ0v) is 12.4. The Morgan fingerprint density at radius 2 is 1.80 bits per heavy atom. The fourth-order valence-electron chi connectivity index (χ4n) is 2.37. The van der Waals surface area contributed by atoms with Crippen LogP contribution in [-0.4, -0.2) is 70.2 Å². The minimum Gasteiger partial charge on any atom is -0.464 e. The third kappa shape index (κ3) is 4.41. The van der Waals surface area contributed by atoms with E-state index >= 15 is 0 Å². The van der Waals surface area contributed by atoms with Gasteiger partial charge in [0.2, 0.25) is 0 Å². The highest BCUT2D eigenvalue weighted by Crippen LogP contribution is 2.21. The smallest absolute Gasteiger partial charge is 0.326 e. The van der Waals surface area contributed by atoms with E-state index < -0.39 is 30.3 Å². The van der Waals surface area contributed by atoms with Crippen LogP contribution in [0.25, 0.3) is 0 Å². The van der Waals surface area contributed by atoms with Crippen LogP contribution >= 0.6 is 0 Å². The van der Waals surface area contributed by atoms with Gasteiger partial charge in [0.1, 0.15) is 18.2 Å². The van der Waals surface area contributed by atoms with Gasteiger partial charge in [0.15, 0.2) is 0 Å². The maximum Gasteiger partial charge on any atom is 0.326 e. The average Bonchev–Trinajstić information content (AvgIpc) is 2.42. The summed E-state index contributed by atoms with van der Waals surface area (Å²) < 4.78 is 5.15. The number of rotatable bonds is 7. The van der Waals surface area contributed by atoms with E-state index in [-0.39, 0.29) is 6.54 Å². The fourth-order valence-corrected chi connectivity index (χ4v) is 2.37. The van der Waals surface area contributed by atoms with Crippen molar-refractivity contribution in [2.45, 2.75) is 63.9 Å². The van der Waals surface area contributed by atoms with Crippen molar-refractivity contribution < 1.29 is 24.9 Å². The van der Waals surface area contributed by atoms with Crippen LogP contribution in [0.4, 0.5) is 0 Å². The molecule has 0 aromatic rings. The standard InChI is InChI=1S/C14H27NO5/c1-3-5-7-15-9-10(16)12(17)13(18)11(15)14(19)20-8-6-4-2/h10-13,16-18H,3-9H2,1-2H3/t10-,11-,12+,13+/m0/s1. The molecule has 1 aliphatic heterocycles. The van der Waals surface area contributed by atoms with E-state index in [1.54, 1.807) is 4.90 Å². The number of unbranched alkanes of at least 4 members (excludes halogenated alkanes) is 2. The van der Waals surface area contributed by atoms with Crippen molar-refractivity contribution in [3.63, 3.8) is 0 Å². The van der Waals surface area contributed by atoms with E-state index in [1.807, 2.05) is 13.8 Å². The van der Waals surface area contributed by atoms with Gasteiger partial charge in [0, 0.05) is 6.54 Å². The van der Waals surface area contributed by atoms with Gasteiger partial charge in [-0.05, 0) is 19.4 Å². The van der Waals surface area contributed by atoms with Crippen molar-refractivity contribution in [2.75, 3.05) is 19.7 Å². The Bertz CT molecular complexity index is 299. The second-order valence-electron chi connectivity index (χ2n) is 5.36. The Morgan fingerprint density at radius 3 is 2.40 bits per heavy atom. The third-order valence-corrected chi connectivity index (χ3v) is 3.67. The molecular weight excluding hydrogens is 262 g/mol. The Kier molecular flexibility index (Phi) is 7.43. The molecule has 1 rings (SSSR count). The Labute approximate surface area is 120 Å². The normalized spacial score (nSPS) is 31.2. The van der Waals surface area contributed by atoms with Crippen LogP contribution < -0.4 is 0 Å². The quantitative estimate of drug-likeness (QED) is 0.448. The molecule has 118 valence electrons. The molecule has 1 fully saturated rings. The number of carbonyl (C=O) groups excluding carboxylic acids is 1. The molecule has 0 spiro atoms. The average molecular weight is 289 g/mol. The molecule has 0 unspecified atom stereocenters. The highest BCUT2D eigenvalue weighted by molar-refractivity contribution is 5.77. The van der Waals surface area contributed by atoms with Crippen molar-refractivity contribution in [3.8, 4) is 0 Å². The first-order valence-electron chi connectivity index (χ1n) is 7.47. The SMILES string of the molecule is CCCCOC(=O)[C@@H]1[C@@H](O)[C@H](O)[C@@H](O)CN1CCCC. The minimum atomic E-state index is -1.32. The number of esters is 1. The van der Waals surface area contributed by atoms with E-state index in [0.29, 0.717) is 13.2 Å². The summed E-state index contributed by atoms with van der Waals surface area (Å²) in [6.45, 7) is 5.10. The second-order valence-corrected chi connectivity index (χ2v) is 5.36. The van der Waals surface area contributed by atoms with Gasteiger partial charge < -0.3 is 20.1 Å². The van der Waals surface area contributed by atoms with Crippen LogP contribution in [0.15, 0.2) is 0 Å². The first-order valence-corrected chi connectivity index (χ1v) is 7.47. The monoisotopic (exact) mass is 289 g/mol. The molecular formula is C14H27NO5. The van der Waals surface area contributed by atoms with Crippen LogP contribution in [0, 0.1) is 0 Å². The molecule has 1 heterocycles.